The van der Waals surface area contributed by atoms with Crippen LogP contribution in [0.25, 0.3) is 0 Å². The van der Waals surface area contributed by atoms with Crippen LogP contribution in [0, 0.1) is 17.8 Å². The summed E-state index contributed by atoms with van der Waals surface area (Å²) in [4.78, 5) is 45.6. The van der Waals surface area contributed by atoms with Crippen LogP contribution in [0.4, 0.5) is 0 Å². The molecule has 8 nitrogen and oxygen atoms in total. The van der Waals surface area contributed by atoms with Crippen LogP contribution < -0.4 is 0 Å². The smallest absolute Gasteiger partial charge is 0.312 e. The molecule has 2 bridgehead atoms. The second-order valence-corrected chi connectivity index (χ2v) is 11.4. The highest BCUT2D eigenvalue weighted by atomic mass is 16.6. The fraction of sp³-hybridized carbons (Fsp3) is 0.821. The van der Waals surface area contributed by atoms with Crippen molar-refractivity contribution in [2.45, 2.75) is 108 Å². The number of likely N-dealkylation sites (tertiary alicyclic amines) is 1. The molecule has 3 saturated heterocycles. The lowest BCUT2D eigenvalue weighted by molar-refractivity contribution is -0.164. The van der Waals surface area contributed by atoms with Crippen molar-refractivity contribution >= 4 is 17.8 Å². The van der Waals surface area contributed by atoms with Gasteiger partial charge in [-0.05, 0) is 44.9 Å². The maximum Gasteiger partial charge on any atom is 0.312 e. The van der Waals surface area contributed by atoms with Crippen molar-refractivity contribution in [3.05, 3.63) is 12.7 Å². The van der Waals surface area contributed by atoms with Crippen molar-refractivity contribution in [1.82, 2.24) is 9.80 Å². The van der Waals surface area contributed by atoms with Gasteiger partial charge < -0.3 is 24.4 Å². The minimum atomic E-state index is -1.10. The fourth-order valence-corrected chi connectivity index (χ4v) is 7.61. The molecule has 4 fully saturated rings. The van der Waals surface area contributed by atoms with Gasteiger partial charge in [0.1, 0.15) is 17.6 Å². The van der Waals surface area contributed by atoms with Crippen molar-refractivity contribution in [3.63, 3.8) is 0 Å². The normalized spacial score (nSPS) is 34.7. The van der Waals surface area contributed by atoms with Crippen LogP contribution >= 0.6 is 0 Å². The first-order chi connectivity index (χ1) is 17.2. The molecule has 2 amide bonds. The zero-order valence-electron chi connectivity index (χ0n) is 22.4. The average molecular weight is 505 g/mol. The number of carbonyl (C=O) groups is 3. The number of nitrogens with zero attached hydrogens (tertiary/aromatic N) is 2. The van der Waals surface area contributed by atoms with E-state index in [1.54, 1.807) is 17.9 Å². The molecule has 202 valence electrons. The Hall–Kier alpha value is -1.93. The highest BCUT2D eigenvalue weighted by molar-refractivity contribution is 5.99. The zero-order valence-corrected chi connectivity index (χ0v) is 22.4. The topological polar surface area (TPSA) is 96.4 Å². The largest absolute Gasteiger partial charge is 0.466 e. The number of aliphatic hydroxyl groups excluding tert-OH is 1. The molecule has 0 aromatic rings. The molecule has 36 heavy (non-hydrogen) atoms. The third kappa shape index (κ3) is 3.99. The van der Waals surface area contributed by atoms with E-state index >= 15 is 0 Å². The van der Waals surface area contributed by atoms with Gasteiger partial charge in [0.25, 0.3) is 0 Å². The highest BCUT2D eigenvalue weighted by Gasteiger charge is 2.79. The van der Waals surface area contributed by atoms with Crippen molar-refractivity contribution in [2.24, 2.45) is 17.8 Å². The average Bonchev–Trinajstić information content (AvgIpc) is 3.47. The number of ether oxygens (including phenoxy) is 2. The third-order valence-electron chi connectivity index (χ3n) is 9.33. The second-order valence-electron chi connectivity index (χ2n) is 11.4. The predicted octanol–water partition coefficient (Wildman–Crippen LogP) is 3.07. The Balaban J connectivity index is 1.83. The number of hydrogen-bond donors (Lipinski definition) is 1. The first-order valence-corrected chi connectivity index (χ1v) is 13.9. The predicted molar refractivity (Wildman–Crippen MR) is 135 cm³/mol. The molecule has 6 atom stereocenters. The Morgan fingerprint density at radius 1 is 1.25 bits per heavy atom. The number of rotatable bonds is 10. The standard InChI is InChI=1S/C28H44N2O6/c1-6-16-29(19-12-10-9-11-13-19)25(33)23-28-15-14-27(7-2,36-28)22(26(34)35-8-3)21(28)24(32)30(23)20(17-31)18(4)5/h6,18-23,31H,1,7-17H2,2-5H3/t20-,21-,22-,23?,27+,28?/m0/s1. The minimum Gasteiger partial charge on any atom is -0.466 e. The van der Waals surface area contributed by atoms with Gasteiger partial charge in [-0.1, -0.05) is 46.1 Å². The molecule has 1 N–H and O–H groups in total. The van der Waals surface area contributed by atoms with Gasteiger partial charge in [-0.25, -0.2) is 0 Å². The van der Waals surface area contributed by atoms with Gasteiger partial charge in [-0.15, -0.1) is 6.58 Å². The third-order valence-corrected chi connectivity index (χ3v) is 9.33. The molecule has 0 aromatic heterocycles. The SMILES string of the molecule is C=CCN(C(=O)C1N([C@@H](CO)C(C)C)C(=O)[C@@H]2[C@@H](C(=O)OCC)[C@@]3(CC)CCC12O3)C1CCCCC1. The van der Waals surface area contributed by atoms with Gasteiger partial charge >= 0.3 is 5.97 Å². The van der Waals surface area contributed by atoms with Crippen LogP contribution in [0.15, 0.2) is 12.7 Å². The summed E-state index contributed by atoms with van der Waals surface area (Å²) in [6, 6.07) is -1.35. The lowest BCUT2D eigenvalue weighted by atomic mass is 9.65. The summed E-state index contributed by atoms with van der Waals surface area (Å²) in [6.07, 6.45) is 8.59. The molecule has 1 saturated carbocycles. The van der Waals surface area contributed by atoms with Crippen molar-refractivity contribution in [3.8, 4) is 0 Å². The fourth-order valence-electron chi connectivity index (χ4n) is 7.61. The minimum absolute atomic E-state index is 0.0783. The Bertz CT molecular complexity index is 870. The first kappa shape index (κ1) is 27.1. The van der Waals surface area contributed by atoms with Gasteiger partial charge in [0.2, 0.25) is 11.8 Å². The molecule has 3 heterocycles. The van der Waals surface area contributed by atoms with Crippen molar-refractivity contribution in [1.29, 1.82) is 0 Å². The molecule has 0 radical (unpaired) electrons. The molecular formula is C28H44N2O6. The lowest BCUT2D eigenvalue weighted by Gasteiger charge is -2.43. The summed E-state index contributed by atoms with van der Waals surface area (Å²) in [6.45, 7) is 11.9. The number of amides is 2. The second kappa shape index (κ2) is 10.4. The van der Waals surface area contributed by atoms with E-state index in [2.05, 4.69) is 6.58 Å². The molecule has 4 aliphatic rings. The van der Waals surface area contributed by atoms with E-state index in [9.17, 15) is 19.5 Å². The lowest BCUT2D eigenvalue weighted by Crippen LogP contribution is -2.61. The Morgan fingerprint density at radius 2 is 1.94 bits per heavy atom. The van der Waals surface area contributed by atoms with Gasteiger partial charge in [0, 0.05) is 12.6 Å². The number of aliphatic hydroxyl groups is 1. The Labute approximate surface area is 215 Å². The monoisotopic (exact) mass is 504 g/mol. The summed E-state index contributed by atoms with van der Waals surface area (Å²) in [5.74, 6) is -2.45. The van der Waals surface area contributed by atoms with E-state index < -0.39 is 41.1 Å². The van der Waals surface area contributed by atoms with E-state index in [1.165, 1.54) is 0 Å². The van der Waals surface area contributed by atoms with Gasteiger partial charge in [0.15, 0.2) is 0 Å². The van der Waals surface area contributed by atoms with Crippen LogP contribution in [-0.4, -0.2) is 81.8 Å². The molecule has 0 aromatic carbocycles. The Morgan fingerprint density at radius 3 is 2.50 bits per heavy atom. The Kier molecular flexibility index (Phi) is 7.87. The number of hydrogen-bond acceptors (Lipinski definition) is 6. The number of fused-ring (bicyclic) bond motifs is 1. The summed E-state index contributed by atoms with van der Waals surface area (Å²) in [5, 5.41) is 10.4. The first-order valence-electron chi connectivity index (χ1n) is 13.9. The van der Waals surface area contributed by atoms with Crippen LogP contribution in [0.5, 0.6) is 0 Å². The summed E-state index contributed by atoms with van der Waals surface area (Å²) < 4.78 is 12.3. The summed E-state index contributed by atoms with van der Waals surface area (Å²) >= 11 is 0. The van der Waals surface area contributed by atoms with Gasteiger partial charge in [0.05, 0.1) is 30.8 Å². The molecule has 1 spiro atoms. The summed E-state index contributed by atoms with van der Waals surface area (Å²) in [5.41, 5.74) is -1.91. The summed E-state index contributed by atoms with van der Waals surface area (Å²) in [7, 11) is 0. The quantitative estimate of drug-likeness (QED) is 0.363. The number of esters is 1. The highest BCUT2D eigenvalue weighted by Crippen LogP contribution is 2.65. The maximum atomic E-state index is 14.6. The molecule has 1 aliphatic carbocycles. The van der Waals surface area contributed by atoms with Gasteiger partial charge in [-0.2, -0.15) is 0 Å². The van der Waals surface area contributed by atoms with Crippen molar-refractivity contribution < 1.29 is 29.0 Å². The molecule has 8 heteroatoms. The van der Waals surface area contributed by atoms with Crippen molar-refractivity contribution in [2.75, 3.05) is 19.8 Å². The molecule has 3 aliphatic heterocycles. The van der Waals surface area contributed by atoms with Crippen LogP contribution in [0.1, 0.15) is 79.1 Å². The van der Waals surface area contributed by atoms with E-state index in [0.717, 1.165) is 32.1 Å². The molecule has 4 rings (SSSR count). The molecule has 2 unspecified atom stereocenters. The molecular weight excluding hydrogens is 460 g/mol. The van der Waals surface area contributed by atoms with Crippen LogP contribution in [0.3, 0.4) is 0 Å². The van der Waals surface area contributed by atoms with Crippen LogP contribution in [0.2, 0.25) is 0 Å². The van der Waals surface area contributed by atoms with E-state index in [0.29, 0.717) is 25.8 Å². The van der Waals surface area contributed by atoms with Crippen LogP contribution in [-0.2, 0) is 23.9 Å². The number of carbonyl (C=O) groups excluding carboxylic acids is 3. The van der Waals surface area contributed by atoms with Gasteiger partial charge in [-0.3, -0.25) is 14.4 Å². The van der Waals surface area contributed by atoms with E-state index in [1.807, 2.05) is 25.7 Å². The zero-order chi connectivity index (χ0) is 26.3. The van der Waals surface area contributed by atoms with E-state index in [-0.39, 0.29) is 37.0 Å². The maximum absolute atomic E-state index is 14.6. The van der Waals surface area contributed by atoms with E-state index in [4.69, 9.17) is 9.47 Å².